The Hall–Kier alpha value is -0.750. The second-order valence-electron chi connectivity index (χ2n) is 8.43. The highest BCUT2D eigenvalue weighted by atomic mass is 32.2. The molecule has 5 nitrogen and oxygen atoms in total. The monoisotopic (exact) mass is 367 g/mol. The number of hydrogen-bond donors (Lipinski definition) is 2. The molecule has 1 aliphatic heterocycles. The molecule has 1 heterocycles. The van der Waals surface area contributed by atoms with Crippen molar-refractivity contribution in [1.29, 1.82) is 0 Å². The van der Waals surface area contributed by atoms with E-state index in [0.29, 0.717) is 0 Å². The standard InChI is InChI=1S/C19H33N3O2S/c1-18(2)16(17(24)21-14-9-5-3-6-10-14)22(15(23)13-20)19(25-18)11-7-4-8-12-19/h14,16H,3-13,20H2,1-2H3,(H,21,24)/t16-/m0/s1. The summed E-state index contributed by atoms with van der Waals surface area (Å²) in [6.07, 6.45) is 11.1. The summed E-state index contributed by atoms with van der Waals surface area (Å²) >= 11 is 1.83. The van der Waals surface area contributed by atoms with Crippen molar-refractivity contribution in [1.82, 2.24) is 10.2 Å². The molecule has 2 aliphatic carbocycles. The Morgan fingerprint density at radius 1 is 1.08 bits per heavy atom. The van der Waals surface area contributed by atoms with Gasteiger partial charge in [-0.25, -0.2) is 0 Å². The van der Waals surface area contributed by atoms with Gasteiger partial charge in [0.15, 0.2) is 0 Å². The van der Waals surface area contributed by atoms with Crippen molar-refractivity contribution in [3.8, 4) is 0 Å². The summed E-state index contributed by atoms with van der Waals surface area (Å²) in [6, 6.07) is -0.159. The predicted molar refractivity (Wildman–Crippen MR) is 102 cm³/mol. The van der Waals surface area contributed by atoms with E-state index in [9.17, 15) is 9.59 Å². The number of nitrogens with one attached hydrogen (secondary N) is 1. The smallest absolute Gasteiger partial charge is 0.244 e. The van der Waals surface area contributed by atoms with Crippen LogP contribution >= 0.6 is 11.8 Å². The molecule has 3 N–H and O–H groups in total. The first kappa shape index (κ1) is 19.0. The molecule has 0 aromatic carbocycles. The summed E-state index contributed by atoms with van der Waals surface area (Å²) in [7, 11) is 0. The van der Waals surface area contributed by atoms with Gasteiger partial charge in [0.05, 0.1) is 11.4 Å². The fourth-order valence-electron chi connectivity index (χ4n) is 5.02. The van der Waals surface area contributed by atoms with Crippen LogP contribution in [0.3, 0.4) is 0 Å². The number of carbonyl (C=O) groups excluding carboxylic acids is 2. The molecule has 2 amide bonds. The zero-order valence-electron chi connectivity index (χ0n) is 15.7. The number of hydrogen-bond acceptors (Lipinski definition) is 4. The van der Waals surface area contributed by atoms with Gasteiger partial charge in [0.1, 0.15) is 6.04 Å². The van der Waals surface area contributed by atoms with Crippen molar-refractivity contribution in [2.45, 2.75) is 99.8 Å². The molecule has 6 heteroatoms. The molecule has 2 saturated carbocycles. The van der Waals surface area contributed by atoms with Crippen LogP contribution in [0.4, 0.5) is 0 Å². The van der Waals surface area contributed by atoms with E-state index < -0.39 is 6.04 Å². The third kappa shape index (κ3) is 3.70. The van der Waals surface area contributed by atoms with Gasteiger partial charge < -0.3 is 16.0 Å². The lowest BCUT2D eigenvalue weighted by Gasteiger charge is -2.42. The Morgan fingerprint density at radius 2 is 1.68 bits per heavy atom. The van der Waals surface area contributed by atoms with Crippen LogP contribution in [0.5, 0.6) is 0 Å². The lowest BCUT2D eigenvalue weighted by atomic mass is 9.89. The normalized spacial score (nSPS) is 28.9. The number of thioether (sulfide) groups is 1. The topological polar surface area (TPSA) is 75.4 Å². The fourth-order valence-corrected chi connectivity index (χ4v) is 7.12. The summed E-state index contributed by atoms with van der Waals surface area (Å²) in [4.78, 5) is 27.7. The van der Waals surface area contributed by atoms with E-state index in [2.05, 4.69) is 19.2 Å². The van der Waals surface area contributed by atoms with Gasteiger partial charge in [-0.1, -0.05) is 38.5 Å². The first-order chi connectivity index (χ1) is 11.9. The summed E-state index contributed by atoms with van der Waals surface area (Å²) < 4.78 is -0.291. The number of carbonyl (C=O) groups is 2. The average Bonchev–Trinajstić information content (AvgIpc) is 2.82. The summed E-state index contributed by atoms with van der Waals surface area (Å²) in [6.45, 7) is 4.21. The maximum atomic E-state index is 13.2. The zero-order valence-corrected chi connectivity index (χ0v) is 16.5. The van der Waals surface area contributed by atoms with Gasteiger partial charge in [0.25, 0.3) is 0 Å². The van der Waals surface area contributed by atoms with Crippen LogP contribution in [-0.4, -0.2) is 45.0 Å². The lowest BCUT2D eigenvalue weighted by Crippen LogP contribution is -2.60. The van der Waals surface area contributed by atoms with E-state index in [0.717, 1.165) is 38.5 Å². The van der Waals surface area contributed by atoms with Crippen LogP contribution in [0.1, 0.15) is 78.1 Å². The molecule has 0 aromatic rings. The van der Waals surface area contributed by atoms with Crippen molar-refractivity contribution in [2.24, 2.45) is 5.73 Å². The highest BCUT2D eigenvalue weighted by molar-refractivity contribution is 8.02. The largest absolute Gasteiger partial charge is 0.352 e. The van der Waals surface area contributed by atoms with Crippen LogP contribution in [0.2, 0.25) is 0 Å². The van der Waals surface area contributed by atoms with Crippen molar-refractivity contribution in [3.05, 3.63) is 0 Å². The molecule has 142 valence electrons. The zero-order chi connectivity index (χ0) is 18.1. The van der Waals surface area contributed by atoms with Gasteiger partial charge in [-0.3, -0.25) is 9.59 Å². The van der Waals surface area contributed by atoms with Crippen molar-refractivity contribution >= 4 is 23.6 Å². The lowest BCUT2D eigenvalue weighted by molar-refractivity contribution is -0.144. The van der Waals surface area contributed by atoms with Gasteiger partial charge in [-0.2, -0.15) is 0 Å². The molecular formula is C19H33N3O2S. The van der Waals surface area contributed by atoms with E-state index in [1.54, 1.807) is 0 Å². The van der Waals surface area contributed by atoms with Gasteiger partial charge in [-0.05, 0) is 39.5 Å². The quantitative estimate of drug-likeness (QED) is 0.804. The second-order valence-corrected chi connectivity index (χ2v) is 10.4. The maximum Gasteiger partial charge on any atom is 0.244 e. The molecule has 3 rings (SSSR count). The van der Waals surface area contributed by atoms with Gasteiger partial charge >= 0.3 is 0 Å². The van der Waals surface area contributed by atoms with Crippen molar-refractivity contribution in [3.63, 3.8) is 0 Å². The Bertz CT molecular complexity index is 511. The minimum atomic E-state index is -0.423. The molecule has 3 aliphatic rings. The van der Waals surface area contributed by atoms with Gasteiger partial charge in [0.2, 0.25) is 11.8 Å². The van der Waals surface area contributed by atoms with Gasteiger partial charge in [-0.15, -0.1) is 11.8 Å². The summed E-state index contributed by atoms with van der Waals surface area (Å²) in [5.74, 6) is -0.0579. The summed E-state index contributed by atoms with van der Waals surface area (Å²) in [5.41, 5.74) is 5.74. The van der Waals surface area contributed by atoms with E-state index >= 15 is 0 Å². The first-order valence-corrected chi connectivity index (χ1v) is 10.7. The fraction of sp³-hybridized carbons (Fsp3) is 0.895. The average molecular weight is 368 g/mol. The predicted octanol–water partition coefficient (Wildman–Crippen LogP) is 2.78. The Kier molecular flexibility index (Phi) is 5.69. The molecule has 3 fully saturated rings. The summed E-state index contributed by atoms with van der Waals surface area (Å²) in [5, 5.41) is 3.26. The molecule has 0 radical (unpaired) electrons. The number of nitrogens with zero attached hydrogens (tertiary/aromatic N) is 1. The molecule has 0 bridgehead atoms. The highest BCUT2D eigenvalue weighted by Gasteiger charge is 2.60. The highest BCUT2D eigenvalue weighted by Crippen LogP contribution is 2.57. The van der Waals surface area contributed by atoms with E-state index in [1.807, 2.05) is 16.7 Å². The third-order valence-corrected chi connectivity index (χ3v) is 7.82. The van der Waals surface area contributed by atoms with Crippen LogP contribution in [0, 0.1) is 0 Å². The number of rotatable bonds is 3. The van der Waals surface area contributed by atoms with Crippen molar-refractivity contribution < 1.29 is 9.59 Å². The van der Waals surface area contributed by atoms with Crippen LogP contribution in [0.25, 0.3) is 0 Å². The van der Waals surface area contributed by atoms with Gasteiger partial charge in [0, 0.05) is 10.8 Å². The van der Waals surface area contributed by atoms with E-state index in [4.69, 9.17) is 5.73 Å². The first-order valence-electron chi connectivity index (χ1n) is 9.92. The molecule has 25 heavy (non-hydrogen) atoms. The van der Waals surface area contributed by atoms with Crippen molar-refractivity contribution in [2.75, 3.05) is 6.54 Å². The molecular weight excluding hydrogens is 334 g/mol. The number of amides is 2. The van der Waals surface area contributed by atoms with E-state index in [1.165, 1.54) is 25.7 Å². The molecule has 1 atom stereocenters. The van der Waals surface area contributed by atoms with E-state index in [-0.39, 0.29) is 34.0 Å². The minimum Gasteiger partial charge on any atom is -0.352 e. The van der Waals surface area contributed by atoms with Crippen LogP contribution in [0.15, 0.2) is 0 Å². The Balaban J connectivity index is 1.85. The molecule has 1 saturated heterocycles. The molecule has 0 aromatic heterocycles. The molecule has 1 spiro atoms. The molecule has 0 unspecified atom stereocenters. The third-order valence-electron chi connectivity index (χ3n) is 6.09. The number of nitrogens with two attached hydrogens (primary N) is 1. The van der Waals surface area contributed by atoms with Crippen LogP contribution in [-0.2, 0) is 9.59 Å². The van der Waals surface area contributed by atoms with Crippen LogP contribution < -0.4 is 11.1 Å². The minimum absolute atomic E-state index is 0.0219. The SMILES string of the molecule is CC1(C)SC2(CCCCC2)N(C(=O)CN)[C@H]1C(=O)NC1CCCCC1. The second kappa shape index (κ2) is 7.47. The Labute approximate surface area is 155 Å². The Morgan fingerprint density at radius 3 is 2.28 bits per heavy atom. The maximum absolute atomic E-state index is 13.2.